The van der Waals surface area contributed by atoms with Crippen LogP contribution in [0.15, 0.2) is 37.5 Å². The Morgan fingerprint density at radius 2 is 1.54 bits per heavy atom. The van der Waals surface area contributed by atoms with E-state index < -0.39 is 5.97 Å². The van der Waals surface area contributed by atoms with Gasteiger partial charge in [0.15, 0.2) is 0 Å². The highest BCUT2D eigenvalue weighted by molar-refractivity contribution is 5.85. The van der Waals surface area contributed by atoms with Crippen LogP contribution in [0.1, 0.15) is 33.1 Å². The second-order valence-corrected chi connectivity index (χ2v) is 4.06. The Balaban J connectivity index is -0.000000278. The lowest BCUT2D eigenvalue weighted by Gasteiger charge is -1.97. The third-order valence-electron chi connectivity index (χ3n) is 2.08. The van der Waals surface area contributed by atoms with Crippen molar-refractivity contribution in [1.29, 1.82) is 0 Å². The zero-order valence-corrected chi connectivity index (χ0v) is 14.5. The lowest BCUT2D eigenvalue weighted by molar-refractivity contribution is -0.138. The number of carbonyl (C=O) groups excluding carboxylic acids is 2. The molecule has 0 aliphatic heterocycles. The molecular formula is C17H28O7. The molecule has 0 aromatic carbocycles. The molecule has 0 atom stereocenters. The number of carboxylic acid groups (broad SMARTS) is 1. The summed E-state index contributed by atoms with van der Waals surface area (Å²) in [5.41, 5.74) is 0.0486. The molecule has 0 radical (unpaired) electrons. The van der Waals surface area contributed by atoms with Crippen molar-refractivity contribution >= 4 is 17.9 Å². The number of aliphatic hydroxyl groups is 1. The van der Waals surface area contributed by atoms with E-state index in [-0.39, 0.29) is 30.5 Å². The number of rotatable bonds is 9. The Morgan fingerprint density at radius 3 is 1.79 bits per heavy atom. The number of esters is 2. The predicted molar refractivity (Wildman–Crippen MR) is 91.4 cm³/mol. The zero-order valence-electron chi connectivity index (χ0n) is 14.5. The van der Waals surface area contributed by atoms with Crippen molar-refractivity contribution < 1.29 is 34.1 Å². The topological polar surface area (TPSA) is 110 Å². The molecule has 24 heavy (non-hydrogen) atoms. The molecule has 0 rings (SSSR count). The van der Waals surface area contributed by atoms with Gasteiger partial charge in [-0.3, -0.25) is 0 Å². The summed E-state index contributed by atoms with van der Waals surface area (Å²) in [4.78, 5) is 30.3. The Kier molecular flexibility index (Phi) is 22.7. The van der Waals surface area contributed by atoms with E-state index in [1.54, 1.807) is 6.92 Å². The first-order valence-electron chi connectivity index (χ1n) is 7.40. The van der Waals surface area contributed by atoms with Gasteiger partial charge in [0.05, 0.1) is 13.2 Å². The van der Waals surface area contributed by atoms with Gasteiger partial charge in [0.2, 0.25) is 0 Å². The van der Waals surface area contributed by atoms with Gasteiger partial charge in [-0.05, 0) is 13.3 Å². The predicted octanol–water partition coefficient (Wildman–Crippen LogP) is 2.26. The van der Waals surface area contributed by atoms with E-state index >= 15 is 0 Å². The number of carboxylic acids is 1. The van der Waals surface area contributed by atoms with Crippen LogP contribution in [0.5, 0.6) is 0 Å². The number of aliphatic hydroxyl groups excluding tert-OH is 1. The molecule has 0 amide bonds. The maximum Gasteiger partial charge on any atom is 0.331 e. The second-order valence-electron chi connectivity index (χ2n) is 4.06. The summed E-state index contributed by atoms with van der Waals surface area (Å²) in [5, 5.41) is 16.3. The van der Waals surface area contributed by atoms with E-state index in [9.17, 15) is 14.4 Å². The highest BCUT2D eigenvalue weighted by atomic mass is 16.5. The summed E-state index contributed by atoms with van der Waals surface area (Å²) in [6.45, 7) is 14.2. The van der Waals surface area contributed by atoms with E-state index in [2.05, 4.69) is 29.2 Å². The van der Waals surface area contributed by atoms with Gasteiger partial charge in [-0.1, -0.05) is 33.1 Å². The van der Waals surface area contributed by atoms with Crippen LogP contribution in [0.3, 0.4) is 0 Å². The largest absolute Gasteiger partial charge is 0.478 e. The standard InChI is InChI=1S/C7H12O2.C5H8O3.C5H8O2/c1-3-5-6-9-7(8)4-2;1-4(2-3-6)5(7)8;1-3-5(6)7-4-2/h4H,2-3,5-6H2,1H3;6H,1-3H2,(H,7,8);3H,1,4H2,2H3. The van der Waals surface area contributed by atoms with Crippen molar-refractivity contribution in [3.63, 3.8) is 0 Å². The minimum atomic E-state index is -1.04. The van der Waals surface area contributed by atoms with Crippen LogP contribution >= 0.6 is 0 Å². The van der Waals surface area contributed by atoms with E-state index in [1.165, 1.54) is 6.08 Å². The monoisotopic (exact) mass is 344 g/mol. The molecule has 0 aliphatic rings. The molecule has 0 spiro atoms. The number of aliphatic carboxylic acids is 1. The average Bonchev–Trinajstić information content (AvgIpc) is 2.56. The van der Waals surface area contributed by atoms with Crippen molar-refractivity contribution in [3.05, 3.63) is 37.5 Å². The van der Waals surface area contributed by atoms with Crippen molar-refractivity contribution in [2.45, 2.75) is 33.1 Å². The van der Waals surface area contributed by atoms with Crippen molar-refractivity contribution in [3.8, 4) is 0 Å². The van der Waals surface area contributed by atoms with Crippen molar-refractivity contribution in [2.24, 2.45) is 0 Å². The smallest absolute Gasteiger partial charge is 0.331 e. The number of hydrogen-bond donors (Lipinski definition) is 2. The van der Waals surface area contributed by atoms with E-state index in [0.29, 0.717) is 13.2 Å². The fraction of sp³-hybridized carbons (Fsp3) is 0.471. The highest BCUT2D eigenvalue weighted by Crippen LogP contribution is 1.94. The first-order chi connectivity index (χ1) is 11.3. The molecular weight excluding hydrogens is 316 g/mol. The molecule has 0 bridgehead atoms. The Bertz CT molecular complexity index is 400. The minimum absolute atomic E-state index is 0.0486. The average molecular weight is 344 g/mol. The maximum absolute atomic E-state index is 10.3. The molecule has 0 fully saturated rings. The maximum atomic E-state index is 10.3. The molecule has 7 heteroatoms. The SMILES string of the molecule is C=C(CCO)C(=O)O.C=CC(=O)OCC.C=CC(=O)OCCCC. The summed E-state index contributed by atoms with van der Waals surface area (Å²) >= 11 is 0. The van der Waals surface area contributed by atoms with Gasteiger partial charge in [0.25, 0.3) is 0 Å². The summed E-state index contributed by atoms with van der Waals surface area (Å²) in [5.74, 6) is -1.73. The lowest BCUT2D eigenvalue weighted by Crippen LogP contribution is -2.00. The van der Waals surface area contributed by atoms with Gasteiger partial charge in [-0.2, -0.15) is 0 Å². The lowest BCUT2D eigenvalue weighted by atomic mass is 10.2. The van der Waals surface area contributed by atoms with Crippen LogP contribution in [0.25, 0.3) is 0 Å². The molecule has 0 aromatic rings. The molecule has 0 unspecified atom stereocenters. The quantitative estimate of drug-likeness (QED) is 0.375. The van der Waals surface area contributed by atoms with Gasteiger partial charge in [-0.15, -0.1) is 0 Å². The van der Waals surface area contributed by atoms with E-state index in [4.69, 9.17) is 10.2 Å². The molecule has 7 nitrogen and oxygen atoms in total. The van der Waals surface area contributed by atoms with Crippen LogP contribution in [-0.4, -0.2) is 47.9 Å². The number of hydrogen-bond acceptors (Lipinski definition) is 6. The number of unbranched alkanes of at least 4 members (excludes halogenated alkanes) is 1. The van der Waals surface area contributed by atoms with Crippen LogP contribution in [0, 0.1) is 0 Å². The normalized spacial score (nSPS) is 8.29. The third kappa shape index (κ3) is 24.6. The molecule has 0 saturated carbocycles. The van der Waals surface area contributed by atoms with Gasteiger partial charge in [0.1, 0.15) is 0 Å². The Hall–Kier alpha value is -2.41. The fourth-order valence-corrected chi connectivity index (χ4v) is 0.819. The highest BCUT2D eigenvalue weighted by Gasteiger charge is 2.00. The molecule has 0 heterocycles. The molecule has 2 N–H and O–H groups in total. The number of ether oxygens (including phenoxy) is 2. The molecule has 0 aliphatic carbocycles. The van der Waals surface area contributed by atoms with Gasteiger partial charge in [0, 0.05) is 30.8 Å². The van der Waals surface area contributed by atoms with Crippen LogP contribution in [0.2, 0.25) is 0 Å². The van der Waals surface area contributed by atoms with Gasteiger partial charge in [-0.25, -0.2) is 14.4 Å². The van der Waals surface area contributed by atoms with E-state index in [0.717, 1.165) is 18.9 Å². The summed E-state index contributed by atoms with van der Waals surface area (Å²) in [6.07, 6.45) is 4.44. The van der Waals surface area contributed by atoms with E-state index in [1.807, 2.05) is 6.92 Å². The fourth-order valence-electron chi connectivity index (χ4n) is 0.819. The molecule has 0 saturated heterocycles. The second kappa shape index (κ2) is 20.6. The van der Waals surface area contributed by atoms with Crippen molar-refractivity contribution in [2.75, 3.05) is 19.8 Å². The zero-order chi connectivity index (χ0) is 19.4. The molecule has 138 valence electrons. The van der Waals surface area contributed by atoms with Crippen LogP contribution in [-0.2, 0) is 23.9 Å². The first kappa shape index (κ1) is 26.5. The summed E-state index contributed by atoms with van der Waals surface area (Å²) in [7, 11) is 0. The van der Waals surface area contributed by atoms with Gasteiger partial charge < -0.3 is 19.7 Å². The van der Waals surface area contributed by atoms with Crippen molar-refractivity contribution in [1.82, 2.24) is 0 Å². The summed E-state index contributed by atoms with van der Waals surface area (Å²) in [6, 6.07) is 0. The molecule has 0 aromatic heterocycles. The first-order valence-corrected chi connectivity index (χ1v) is 7.40. The Morgan fingerprint density at radius 1 is 1.04 bits per heavy atom. The Labute approximate surface area is 143 Å². The van der Waals surface area contributed by atoms with Crippen LogP contribution in [0.4, 0.5) is 0 Å². The minimum Gasteiger partial charge on any atom is -0.478 e. The number of carbonyl (C=O) groups is 3. The summed E-state index contributed by atoms with van der Waals surface area (Å²) < 4.78 is 9.11. The van der Waals surface area contributed by atoms with Gasteiger partial charge >= 0.3 is 17.9 Å². The third-order valence-corrected chi connectivity index (χ3v) is 2.08. The van der Waals surface area contributed by atoms with Crippen LogP contribution < -0.4 is 0 Å².